The third-order valence-electron chi connectivity index (χ3n) is 3.02. The van der Waals surface area contributed by atoms with Gasteiger partial charge in [-0.05, 0) is 6.07 Å². The topological polar surface area (TPSA) is 70.5 Å². The molecule has 0 saturated carbocycles. The zero-order chi connectivity index (χ0) is 15.3. The second-order valence-electron chi connectivity index (χ2n) is 4.73. The Hall–Kier alpha value is -1.07. The first kappa shape index (κ1) is 16.3. The van der Waals surface area contributed by atoms with Crippen molar-refractivity contribution in [3.05, 3.63) is 24.0 Å². The zero-order valence-corrected chi connectivity index (χ0v) is 13.5. The van der Waals surface area contributed by atoms with E-state index in [-0.39, 0.29) is 11.5 Å². The van der Waals surface area contributed by atoms with Gasteiger partial charge in [-0.2, -0.15) is 16.1 Å². The van der Waals surface area contributed by atoms with E-state index >= 15 is 0 Å². The molecule has 1 aromatic heterocycles. The highest BCUT2D eigenvalue weighted by molar-refractivity contribution is 8.00. The highest BCUT2D eigenvalue weighted by Gasteiger charge is 2.29. The molecule has 0 bridgehead atoms. The van der Waals surface area contributed by atoms with E-state index in [0.717, 1.165) is 5.75 Å². The molecule has 1 atom stereocenters. The summed E-state index contributed by atoms with van der Waals surface area (Å²) in [5, 5.41) is 9.00. The maximum absolute atomic E-state index is 12.6. The summed E-state index contributed by atoms with van der Waals surface area (Å²) in [7, 11) is -3.51. The van der Waals surface area contributed by atoms with E-state index < -0.39 is 10.0 Å². The second kappa shape index (κ2) is 7.27. The van der Waals surface area contributed by atoms with Crippen LogP contribution in [0.25, 0.3) is 0 Å². The number of rotatable bonds is 3. The van der Waals surface area contributed by atoms with E-state index in [4.69, 9.17) is 5.11 Å². The molecule has 1 fully saturated rings. The van der Waals surface area contributed by atoms with Gasteiger partial charge in [0.2, 0.25) is 10.0 Å². The van der Waals surface area contributed by atoms with E-state index in [0.29, 0.717) is 30.3 Å². The summed E-state index contributed by atoms with van der Waals surface area (Å²) in [6.45, 7) is 3.06. The molecule has 0 amide bonds. The molecule has 21 heavy (non-hydrogen) atoms. The molecule has 0 aromatic carbocycles. The van der Waals surface area contributed by atoms with Crippen molar-refractivity contribution in [3.8, 4) is 11.8 Å². The number of pyridine rings is 1. The van der Waals surface area contributed by atoms with Gasteiger partial charge in [0.1, 0.15) is 4.90 Å². The molecule has 2 rings (SSSR count). The van der Waals surface area contributed by atoms with Gasteiger partial charge >= 0.3 is 0 Å². The van der Waals surface area contributed by atoms with Crippen molar-refractivity contribution in [3.63, 3.8) is 0 Å². The lowest BCUT2D eigenvalue weighted by Gasteiger charge is -2.29. The van der Waals surface area contributed by atoms with Crippen molar-refractivity contribution in [2.24, 2.45) is 0 Å². The average Bonchev–Trinajstić information content (AvgIpc) is 2.48. The fourth-order valence-electron chi connectivity index (χ4n) is 2.00. The molecule has 7 heteroatoms. The smallest absolute Gasteiger partial charge is 0.244 e. The van der Waals surface area contributed by atoms with Gasteiger partial charge in [0.25, 0.3) is 0 Å². The summed E-state index contributed by atoms with van der Waals surface area (Å²) in [5.74, 6) is 6.38. The van der Waals surface area contributed by atoms with Crippen LogP contribution >= 0.6 is 11.8 Å². The summed E-state index contributed by atoms with van der Waals surface area (Å²) in [6, 6.07) is 1.54. The number of aliphatic hydroxyl groups excluding tert-OH is 1. The van der Waals surface area contributed by atoms with Crippen molar-refractivity contribution >= 4 is 21.8 Å². The molecule has 1 aromatic rings. The van der Waals surface area contributed by atoms with Crippen LogP contribution in [0.3, 0.4) is 0 Å². The maximum atomic E-state index is 12.6. The number of thioether (sulfide) groups is 1. The van der Waals surface area contributed by atoms with Gasteiger partial charge in [-0.25, -0.2) is 8.42 Å². The predicted octanol–water partition coefficient (Wildman–Crippen LogP) is 0.942. The van der Waals surface area contributed by atoms with Crippen LogP contribution < -0.4 is 0 Å². The standard InChI is InChI=1S/C14H18N2O3S2/c1-12-11-16(5-7-20-12)21(18,19)14-8-13(9-15-10-14)4-2-3-6-17/h8-10,12,17H,3,5-7,11H2,1H3. The van der Waals surface area contributed by atoms with Crippen LogP contribution in [0.5, 0.6) is 0 Å². The van der Waals surface area contributed by atoms with Gasteiger partial charge in [-0.3, -0.25) is 4.98 Å². The first-order chi connectivity index (χ1) is 10.0. The molecule has 114 valence electrons. The van der Waals surface area contributed by atoms with Gasteiger partial charge in [0, 0.05) is 48.5 Å². The van der Waals surface area contributed by atoms with E-state index in [1.54, 1.807) is 17.8 Å². The maximum Gasteiger partial charge on any atom is 0.244 e. The SMILES string of the molecule is CC1CN(S(=O)(=O)c2cncc(C#CCCO)c2)CCS1. The Morgan fingerprint density at radius 1 is 1.52 bits per heavy atom. The van der Waals surface area contributed by atoms with Crippen molar-refractivity contribution < 1.29 is 13.5 Å². The third kappa shape index (κ3) is 4.20. The molecule has 0 aliphatic carbocycles. The van der Waals surface area contributed by atoms with Crippen LogP contribution in [-0.4, -0.2) is 53.5 Å². The number of nitrogens with zero attached hydrogens (tertiary/aromatic N) is 2. The zero-order valence-electron chi connectivity index (χ0n) is 11.8. The Balaban J connectivity index is 2.24. The number of aromatic nitrogens is 1. The van der Waals surface area contributed by atoms with Crippen molar-refractivity contribution in [1.82, 2.24) is 9.29 Å². The Morgan fingerprint density at radius 2 is 2.33 bits per heavy atom. The van der Waals surface area contributed by atoms with E-state index in [1.165, 1.54) is 16.7 Å². The van der Waals surface area contributed by atoms with Crippen LogP contribution in [0.2, 0.25) is 0 Å². The number of hydrogen-bond donors (Lipinski definition) is 1. The lowest BCUT2D eigenvalue weighted by atomic mass is 10.3. The Labute approximate surface area is 129 Å². The van der Waals surface area contributed by atoms with E-state index in [1.807, 2.05) is 6.92 Å². The fourth-order valence-corrected chi connectivity index (χ4v) is 4.75. The molecule has 2 heterocycles. The van der Waals surface area contributed by atoms with Crippen LogP contribution in [0, 0.1) is 11.8 Å². The first-order valence-electron chi connectivity index (χ1n) is 6.70. The molecule has 5 nitrogen and oxygen atoms in total. The van der Waals surface area contributed by atoms with Crippen LogP contribution in [0.4, 0.5) is 0 Å². The Bertz CT molecular complexity index is 650. The molecule has 1 saturated heterocycles. The predicted molar refractivity (Wildman–Crippen MR) is 83.5 cm³/mol. The van der Waals surface area contributed by atoms with Crippen molar-refractivity contribution in [2.75, 3.05) is 25.4 Å². The van der Waals surface area contributed by atoms with Crippen molar-refractivity contribution in [2.45, 2.75) is 23.5 Å². The largest absolute Gasteiger partial charge is 0.395 e. The lowest BCUT2D eigenvalue weighted by Crippen LogP contribution is -2.40. The molecular formula is C14H18N2O3S2. The molecule has 1 aliphatic heterocycles. The minimum absolute atomic E-state index is 0.0122. The minimum atomic E-state index is -3.51. The van der Waals surface area contributed by atoms with Gasteiger partial charge < -0.3 is 5.11 Å². The summed E-state index contributed by atoms with van der Waals surface area (Å²) < 4.78 is 26.7. The molecule has 0 radical (unpaired) electrons. The van der Waals surface area contributed by atoms with Crippen LogP contribution in [-0.2, 0) is 10.0 Å². The fraction of sp³-hybridized carbons (Fsp3) is 0.500. The molecular weight excluding hydrogens is 308 g/mol. The second-order valence-corrected chi connectivity index (χ2v) is 8.21. The molecule has 1 unspecified atom stereocenters. The Morgan fingerprint density at radius 3 is 3.05 bits per heavy atom. The molecule has 1 N–H and O–H groups in total. The summed E-state index contributed by atoms with van der Waals surface area (Å²) >= 11 is 1.78. The molecule has 0 spiro atoms. The first-order valence-corrected chi connectivity index (χ1v) is 9.19. The average molecular weight is 326 g/mol. The summed E-state index contributed by atoms with van der Waals surface area (Å²) in [6.07, 6.45) is 3.24. The highest BCUT2D eigenvalue weighted by atomic mass is 32.2. The van der Waals surface area contributed by atoms with Gasteiger partial charge in [-0.1, -0.05) is 18.8 Å². The summed E-state index contributed by atoms with van der Waals surface area (Å²) in [5.41, 5.74) is 0.545. The summed E-state index contributed by atoms with van der Waals surface area (Å²) in [4.78, 5) is 4.15. The normalized spacial score (nSPS) is 19.8. The third-order valence-corrected chi connectivity index (χ3v) is 5.99. The Kier molecular flexibility index (Phi) is 5.65. The van der Waals surface area contributed by atoms with Gasteiger partial charge in [0.05, 0.1) is 6.61 Å². The highest BCUT2D eigenvalue weighted by Crippen LogP contribution is 2.24. The lowest BCUT2D eigenvalue weighted by molar-refractivity contribution is 0.305. The van der Waals surface area contributed by atoms with E-state index in [9.17, 15) is 8.42 Å². The minimum Gasteiger partial charge on any atom is -0.395 e. The number of aliphatic hydroxyl groups is 1. The quantitative estimate of drug-likeness (QED) is 0.837. The number of hydrogen-bond acceptors (Lipinski definition) is 5. The molecule has 1 aliphatic rings. The van der Waals surface area contributed by atoms with Crippen LogP contribution in [0.1, 0.15) is 18.9 Å². The number of sulfonamides is 1. The van der Waals surface area contributed by atoms with Gasteiger partial charge in [0.15, 0.2) is 0 Å². The monoisotopic (exact) mass is 326 g/mol. The van der Waals surface area contributed by atoms with Gasteiger partial charge in [-0.15, -0.1) is 0 Å². The van der Waals surface area contributed by atoms with Crippen LogP contribution in [0.15, 0.2) is 23.4 Å². The van der Waals surface area contributed by atoms with E-state index in [2.05, 4.69) is 16.8 Å². The van der Waals surface area contributed by atoms with Crippen molar-refractivity contribution in [1.29, 1.82) is 0 Å².